The van der Waals surface area contributed by atoms with Gasteiger partial charge in [-0.3, -0.25) is 4.79 Å². The summed E-state index contributed by atoms with van der Waals surface area (Å²) in [5.41, 5.74) is 0. The van der Waals surface area contributed by atoms with Gasteiger partial charge in [0.25, 0.3) is 0 Å². The van der Waals surface area contributed by atoms with E-state index in [1.54, 1.807) is 6.92 Å². The molecule has 0 aliphatic rings. The van der Waals surface area contributed by atoms with Crippen molar-refractivity contribution < 1.29 is 19.2 Å². The second kappa shape index (κ2) is 6.97. The van der Waals surface area contributed by atoms with Crippen LogP contribution in [0.15, 0.2) is 4.52 Å². The molecule has 1 rings (SSSR count). The highest BCUT2D eigenvalue weighted by Gasteiger charge is 2.09. The molecule has 0 radical (unpaired) electrons. The summed E-state index contributed by atoms with van der Waals surface area (Å²) in [6, 6.07) is 0. The van der Waals surface area contributed by atoms with E-state index in [9.17, 15) is 9.90 Å². The third kappa shape index (κ3) is 5.41. The molecule has 0 aromatic carbocycles. The van der Waals surface area contributed by atoms with Crippen molar-refractivity contribution >= 4 is 5.91 Å². The lowest BCUT2D eigenvalue weighted by Gasteiger charge is -2.10. The lowest BCUT2D eigenvalue weighted by molar-refractivity contribution is -0.121. The number of ether oxygens (including phenoxy) is 1. The summed E-state index contributed by atoms with van der Waals surface area (Å²) in [6.07, 6.45) is -0.0384. The SMILES string of the molecule is COCC(O)CNC(=O)CCc1nc(C)no1. The molecule has 1 unspecified atom stereocenters. The van der Waals surface area contributed by atoms with E-state index in [1.165, 1.54) is 7.11 Å². The number of aliphatic hydroxyl groups excluding tert-OH is 1. The molecule has 17 heavy (non-hydrogen) atoms. The zero-order valence-electron chi connectivity index (χ0n) is 9.97. The normalized spacial score (nSPS) is 12.4. The smallest absolute Gasteiger partial charge is 0.227 e. The maximum absolute atomic E-state index is 11.4. The maximum Gasteiger partial charge on any atom is 0.227 e. The molecule has 0 saturated carbocycles. The minimum Gasteiger partial charge on any atom is -0.389 e. The van der Waals surface area contributed by atoms with Crippen LogP contribution in [0.5, 0.6) is 0 Å². The fraction of sp³-hybridized carbons (Fsp3) is 0.700. The predicted molar refractivity (Wildman–Crippen MR) is 58.2 cm³/mol. The number of aromatic nitrogens is 2. The van der Waals surface area contributed by atoms with E-state index < -0.39 is 6.10 Å². The third-order valence-corrected chi connectivity index (χ3v) is 2.03. The highest BCUT2D eigenvalue weighted by atomic mass is 16.5. The van der Waals surface area contributed by atoms with Gasteiger partial charge in [-0.25, -0.2) is 0 Å². The quantitative estimate of drug-likeness (QED) is 0.666. The summed E-state index contributed by atoms with van der Waals surface area (Å²) in [4.78, 5) is 15.4. The van der Waals surface area contributed by atoms with Crippen LogP contribution in [0.1, 0.15) is 18.1 Å². The molecule has 0 aliphatic heterocycles. The molecule has 1 amide bonds. The van der Waals surface area contributed by atoms with Gasteiger partial charge in [-0.15, -0.1) is 0 Å². The van der Waals surface area contributed by atoms with Crippen LogP contribution < -0.4 is 5.32 Å². The lowest BCUT2D eigenvalue weighted by Crippen LogP contribution is -2.34. The maximum atomic E-state index is 11.4. The van der Waals surface area contributed by atoms with Crippen LogP contribution in [0.4, 0.5) is 0 Å². The molecule has 7 heteroatoms. The molecule has 0 bridgehead atoms. The number of carbonyl (C=O) groups excluding carboxylic acids is 1. The largest absolute Gasteiger partial charge is 0.389 e. The molecular weight excluding hydrogens is 226 g/mol. The molecule has 0 spiro atoms. The second-order valence-corrected chi connectivity index (χ2v) is 3.65. The Kier molecular flexibility index (Phi) is 5.58. The van der Waals surface area contributed by atoms with Crippen LogP contribution in [0.25, 0.3) is 0 Å². The zero-order chi connectivity index (χ0) is 12.7. The third-order valence-electron chi connectivity index (χ3n) is 2.03. The summed E-state index contributed by atoms with van der Waals surface area (Å²) in [5, 5.41) is 15.5. The number of nitrogens with one attached hydrogen (secondary N) is 1. The van der Waals surface area contributed by atoms with Crippen molar-refractivity contribution in [2.75, 3.05) is 20.3 Å². The Morgan fingerprint density at radius 2 is 2.41 bits per heavy atom. The van der Waals surface area contributed by atoms with Gasteiger partial charge in [-0.1, -0.05) is 5.16 Å². The molecule has 7 nitrogen and oxygen atoms in total. The van der Waals surface area contributed by atoms with Crippen molar-refractivity contribution in [2.24, 2.45) is 0 Å². The average Bonchev–Trinajstić information content (AvgIpc) is 2.70. The lowest BCUT2D eigenvalue weighted by atomic mass is 10.3. The van der Waals surface area contributed by atoms with Gasteiger partial charge in [0.2, 0.25) is 11.8 Å². The van der Waals surface area contributed by atoms with Crippen molar-refractivity contribution in [1.82, 2.24) is 15.5 Å². The molecule has 1 heterocycles. The number of nitrogens with zero attached hydrogens (tertiary/aromatic N) is 2. The molecular formula is C10H17N3O4. The van der Waals surface area contributed by atoms with E-state index in [-0.39, 0.29) is 25.5 Å². The highest BCUT2D eigenvalue weighted by Crippen LogP contribution is 1.99. The van der Waals surface area contributed by atoms with Crippen LogP contribution in [0.2, 0.25) is 0 Å². The summed E-state index contributed by atoms with van der Waals surface area (Å²) in [6.45, 7) is 2.09. The van der Waals surface area contributed by atoms with Gasteiger partial charge in [0.1, 0.15) is 0 Å². The Bertz CT molecular complexity index is 353. The van der Waals surface area contributed by atoms with Gasteiger partial charge in [0, 0.05) is 26.5 Å². The number of amides is 1. The van der Waals surface area contributed by atoms with Crippen LogP contribution in [-0.4, -0.2) is 47.5 Å². The Hall–Kier alpha value is -1.47. The molecule has 0 saturated heterocycles. The Labute approximate surface area is 99.2 Å². The van der Waals surface area contributed by atoms with Crippen LogP contribution >= 0.6 is 0 Å². The molecule has 1 atom stereocenters. The van der Waals surface area contributed by atoms with Crippen molar-refractivity contribution in [3.05, 3.63) is 11.7 Å². The molecule has 1 aromatic rings. The number of rotatable bonds is 7. The number of aryl methyl sites for hydroxylation is 2. The average molecular weight is 243 g/mol. The summed E-state index contributed by atoms with van der Waals surface area (Å²) in [7, 11) is 1.49. The van der Waals surface area contributed by atoms with Crippen molar-refractivity contribution in [3.63, 3.8) is 0 Å². The fourth-order valence-electron chi connectivity index (χ4n) is 1.23. The Morgan fingerprint density at radius 1 is 1.65 bits per heavy atom. The highest BCUT2D eigenvalue weighted by molar-refractivity contribution is 5.76. The van der Waals surface area contributed by atoms with Crippen molar-refractivity contribution in [3.8, 4) is 0 Å². The van der Waals surface area contributed by atoms with E-state index in [2.05, 4.69) is 15.5 Å². The molecule has 0 aliphatic carbocycles. The zero-order valence-corrected chi connectivity index (χ0v) is 9.97. The number of aliphatic hydroxyl groups is 1. The minimum absolute atomic E-state index is 0.170. The van der Waals surface area contributed by atoms with Crippen LogP contribution in [-0.2, 0) is 16.0 Å². The van der Waals surface area contributed by atoms with Gasteiger partial charge in [0.05, 0.1) is 12.7 Å². The fourth-order valence-corrected chi connectivity index (χ4v) is 1.23. The first kappa shape index (κ1) is 13.6. The van der Waals surface area contributed by atoms with Gasteiger partial charge in [-0.2, -0.15) is 4.98 Å². The minimum atomic E-state index is -0.686. The molecule has 0 fully saturated rings. The van der Waals surface area contributed by atoms with Gasteiger partial charge in [0.15, 0.2) is 5.82 Å². The molecule has 96 valence electrons. The van der Waals surface area contributed by atoms with E-state index in [0.29, 0.717) is 18.1 Å². The molecule has 1 aromatic heterocycles. The first-order chi connectivity index (χ1) is 8.11. The van der Waals surface area contributed by atoms with E-state index in [0.717, 1.165) is 0 Å². The predicted octanol–water partition coefficient (Wildman–Crippen LogP) is -0.566. The van der Waals surface area contributed by atoms with E-state index in [1.807, 2.05) is 0 Å². The number of hydrogen-bond donors (Lipinski definition) is 2. The van der Waals surface area contributed by atoms with Gasteiger partial charge >= 0.3 is 0 Å². The van der Waals surface area contributed by atoms with E-state index in [4.69, 9.17) is 9.26 Å². The van der Waals surface area contributed by atoms with E-state index >= 15 is 0 Å². The molecule has 2 N–H and O–H groups in total. The number of carbonyl (C=O) groups is 1. The Balaban J connectivity index is 2.17. The Morgan fingerprint density at radius 3 is 3.00 bits per heavy atom. The first-order valence-electron chi connectivity index (χ1n) is 5.34. The van der Waals surface area contributed by atoms with Gasteiger partial charge in [-0.05, 0) is 6.92 Å². The monoisotopic (exact) mass is 243 g/mol. The standard InChI is InChI=1S/C10H17N3O4/c1-7-12-10(17-13-7)4-3-9(15)11-5-8(14)6-16-2/h8,14H,3-6H2,1-2H3,(H,11,15). The number of hydrogen-bond acceptors (Lipinski definition) is 6. The van der Waals surface area contributed by atoms with Crippen LogP contribution in [0.3, 0.4) is 0 Å². The first-order valence-corrected chi connectivity index (χ1v) is 5.34. The summed E-state index contributed by atoms with van der Waals surface area (Å²) >= 11 is 0. The van der Waals surface area contributed by atoms with Gasteiger partial charge < -0.3 is 19.7 Å². The second-order valence-electron chi connectivity index (χ2n) is 3.65. The topological polar surface area (TPSA) is 97.5 Å². The summed E-state index contributed by atoms with van der Waals surface area (Å²) in [5.74, 6) is 0.821. The number of methoxy groups -OCH3 is 1. The van der Waals surface area contributed by atoms with Crippen molar-refractivity contribution in [2.45, 2.75) is 25.9 Å². The van der Waals surface area contributed by atoms with Crippen LogP contribution in [0, 0.1) is 6.92 Å². The van der Waals surface area contributed by atoms with Crippen molar-refractivity contribution in [1.29, 1.82) is 0 Å². The summed E-state index contributed by atoms with van der Waals surface area (Å²) < 4.78 is 9.60.